The third kappa shape index (κ3) is 4.78. The van der Waals surface area contributed by atoms with Crippen LogP contribution in [-0.4, -0.2) is 23.3 Å². The van der Waals surface area contributed by atoms with Crippen LogP contribution in [0, 0.1) is 19.7 Å². The molecule has 0 bridgehead atoms. The summed E-state index contributed by atoms with van der Waals surface area (Å²) in [4.78, 5) is 11.9. The van der Waals surface area contributed by atoms with Gasteiger partial charge in [-0.1, -0.05) is 17.7 Å². The average Bonchev–Trinajstić information content (AvgIpc) is 2.95. The Labute approximate surface area is 167 Å². The molecule has 0 unspecified atom stereocenters. The Hall–Kier alpha value is -3.12. The van der Waals surface area contributed by atoms with Gasteiger partial charge in [-0.3, -0.25) is 4.79 Å². The summed E-state index contributed by atoms with van der Waals surface area (Å²) < 4.78 is 20.5. The van der Waals surface area contributed by atoms with E-state index in [9.17, 15) is 9.18 Å². The number of hydrogen-bond donors (Lipinski definition) is 1. The lowest BCUT2D eigenvalue weighted by Crippen LogP contribution is -2.24. The van der Waals surface area contributed by atoms with Crippen molar-refractivity contribution in [2.75, 3.05) is 6.61 Å². The van der Waals surface area contributed by atoms with E-state index >= 15 is 0 Å². The standard InChI is InChI=1S/C21H19ClFN3O2/c1-14-10-16(15(2)26(14)19-8-6-18(23)7-9-19)12-24-25-21(27)13-28-20-5-3-4-17(22)11-20/h3-12H,13H2,1-2H3,(H,25,27)/b24-12+. The second kappa shape index (κ2) is 8.71. The molecule has 5 nitrogen and oxygen atoms in total. The molecule has 0 aliphatic carbocycles. The molecule has 7 heteroatoms. The first kappa shape index (κ1) is 19.6. The van der Waals surface area contributed by atoms with Gasteiger partial charge < -0.3 is 9.30 Å². The van der Waals surface area contributed by atoms with E-state index in [2.05, 4.69) is 10.5 Å². The van der Waals surface area contributed by atoms with Gasteiger partial charge in [-0.25, -0.2) is 9.82 Å². The minimum absolute atomic E-state index is 0.174. The number of carbonyl (C=O) groups is 1. The van der Waals surface area contributed by atoms with Gasteiger partial charge in [0, 0.05) is 27.7 Å². The molecule has 0 fully saturated rings. The van der Waals surface area contributed by atoms with Crippen LogP contribution in [0.15, 0.2) is 59.7 Å². The average molecular weight is 400 g/mol. The Morgan fingerprint density at radius 1 is 1.21 bits per heavy atom. The van der Waals surface area contributed by atoms with Crippen LogP contribution in [-0.2, 0) is 4.79 Å². The lowest BCUT2D eigenvalue weighted by Gasteiger charge is -2.09. The minimum atomic E-state index is -0.386. The highest BCUT2D eigenvalue weighted by Crippen LogP contribution is 2.20. The second-order valence-corrected chi connectivity index (χ2v) is 6.61. The molecule has 28 heavy (non-hydrogen) atoms. The molecule has 0 atom stereocenters. The summed E-state index contributed by atoms with van der Waals surface area (Å²) in [6, 6.07) is 15.0. The van der Waals surface area contributed by atoms with Gasteiger partial charge in [0.25, 0.3) is 5.91 Å². The van der Waals surface area contributed by atoms with E-state index in [1.54, 1.807) is 42.6 Å². The van der Waals surface area contributed by atoms with Crippen molar-refractivity contribution < 1.29 is 13.9 Å². The highest BCUT2D eigenvalue weighted by atomic mass is 35.5. The highest BCUT2D eigenvalue weighted by molar-refractivity contribution is 6.30. The summed E-state index contributed by atoms with van der Waals surface area (Å²) in [6.45, 7) is 3.71. The molecule has 1 amide bonds. The molecule has 1 N–H and O–H groups in total. The third-order valence-electron chi connectivity index (χ3n) is 4.11. The van der Waals surface area contributed by atoms with Gasteiger partial charge in [0.15, 0.2) is 6.61 Å². The molecule has 0 radical (unpaired) electrons. The zero-order chi connectivity index (χ0) is 20.1. The highest BCUT2D eigenvalue weighted by Gasteiger charge is 2.10. The van der Waals surface area contributed by atoms with Gasteiger partial charge in [0.1, 0.15) is 11.6 Å². The topological polar surface area (TPSA) is 55.6 Å². The maximum atomic E-state index is 13.2. The molecule has 0 aliphatic heterocycles. The molecule has 2 aromatic carbocycles. The summed E-state index contributed by atoms with van der Waals surface area (Å²) in [7, 11) is 0. The predicted octanol–water partition coefficient (Wildman–Crippen LogP) is 4.42. The lowest BCUT2D eigenvalue weighted by molar-refractivity contribution is -0.123. The molecule has 1 heterocycles. The Morgan fingerprint density at radius 3 is 2.68 bits per heavy atom. The van der Waals surface area contributed by atoms with Gasteiger partial charge in [-0.05, 0) is 62.4 Å². The number of amides is 1. The summed E-state index contributed by atoms with van der Waals surface area (Å²) >= 11 is 5.87. The maximum Gasteiger partial charge on any atom is 0.277 e. The molecule has 3 aromatic rings. The zero-order valence-electron chi connectivity index (χ0n) is 15.4. The van der Waals surface area contributed by atoms with Crippen LogP contribution in [0.4, 0.5) is 4.39 Å². The number of halogens is 2. The molecule has 1 aromatic heterocycles. The van der Waals surface area contributed by atoms with Crippen LogP contribution in [0.1, 0.15) is 17.0 Å². The van der Waals surface area contributed by atoms with Crippen LogP contribution >= 0.6 is 11.6 Å². The molecule has 0 saturated heterocycles. The largest absolute Gasteiger partial charge is 0.484 e. The smallest absolute Gasteiger partial charge is 0.277 e. The summed E-state index contributed by atoms with van der Waals surface area (Å²) in [5, 5.41) is 4.53. The molecular weight excluding hydrogens is 381 g/mol. The second-order valence-electron chi connectivity index (χ2n) is 6.18. The van der Waals surface area contributed by atoms with Crippen LogP contribution < -0.4 is 10.2 Å². The fourth-order valence-electron chi connectivity index (χ4n) is 2.82. The van der Waals surface area contributed by atoms with Crippen molar-refractivity contribution in [2.24, 2.45) is 5.10 Å². The van der Waals surface area contributed by atoms with Gasteiger partial charge in [0.2, 0.25) is 0 Å². The van der Waals surface area contributed by atoms with E-state index in [1.165, 1.54) is 12.1 Å². The number of nitrogens with one attached hydrogen (secondary N) is 1. The van der Waals surface area contributed by atoms with Gasteiger partial charge in [-0.15, -0.1) is 0 Å². The van der Waals surface area contributed by atoms with E-state index in [0.717, 1.165) is 22.6 Å². The lowest BCUT2D eigenvalue weighted by atomic mass is 10.2. The summed E-state index contributed by atoms with van der Waals surface area (Å²) in [5.41, 5.74) is 6.04. The van der Waals surface area contributed by atoms with Gasteiger partial charge >= 0.3 is 0 Å². The number of hydrazone groups is 1. The fraction of sp³-hybridized carbons (Fsp3) is 0.143. The van der Waals surface area contributed by atoms with Crippen LogP contribution in [0.25, 0.3) is 5.69 Å². The monoisotopic (exact) mass is 399 g/mol. The van der Waals surface area contributed by atoms with Crippen molar-refractivity contribution in [3.05, 3.63) is 82.4 Å². The van der Waals surface area contributed by atoms with E-state index in [4.69, 9.17) is 16.3 Å². The van der Waals surface area contributed by atoms with Crippen molar-refractivity contribution in [3.8, 4) is 11.4 Å². The Bertz CT molecular complexity index is 1010. The molecule has 144 valence electrons. The summed E-state index contributed by atoms with van der Waals surface area (Å²) in [5.74, 6) is -0.159. The number of aryl methyl sites for hydroxylation is 1. The minimum Gasteiger partial charge on any atom is -0.484 e. The fourth-order valence-corrected chi connectivity index (χ4v) is 3.00. The first-order valence-electron chi connectivity index (χ1n) is 8.59. The van der Waals surface area contributed by atoms with Crippen molar-refractivity contribution in [1.29, 1.82) is 0 Å². The van der Waals surface area contributed by atoms with E-state index in [1.807, 2.05) is 24.5 Å². The molecule has 0 aliphatic rings. The van der Waals surface area contributed by atoms with Crippen molar-refractivity contribution >= 4 is 23.7 Å². The number of benzene rings is 2. The number of carbonyl (C=O) groups excluding carboxylic acids is 1. The zero-order valence-corrected chi connectivity index (χ0v) is 16.2. The SMILES string of the molecule is Cc1cc(/C=N/NC(=O)COc2cccc(Cl)c2)c(C)n1-c1ccc(F)cc1. The van der Waals surface area contributed by atoms with Crippen LogP contribution in [0.2, 0.25) is 5.02 Å². The van der Waals surface area contributed by atoms with Crippen molar-refractivity contribution in [1.82, 2.24) is 9.99 Å². The quantitative estimate of drug-likeness (QED) is 0.493. The number of rotatable bonds is 6. The normalized spacial score (nSPS) is 11.0. The maximum absolute atomic E-state index is 13.2. The first-order valence-corrected chi connectivity index (χ1v) is 8.97. The van der Waals surface area contributed by atoms with E-state index < -0.39 is 0 Å². The third-order valence-corrected chi connectivity index (χ3v) is 4.35. The van der Waals surface area contributed by atoms with Crippen molar-refractivity contribution in [2.45, 2.75) is 13.8 Å². The molecule has 3 rings (SSSR count). The van der Waals surface area contributed by atoms with E-state index in [-0.39, 0.29) is 18.3 Å². The Morgan fingerprint density at radius 2 is 1.96 bits per heavy atom. The molecule has 0 saturated carbocycles. The van der Waals surface area contributed by atoms with E-state index in [0.29, 0.717) is 10.8 Å². The Kier molecular flexibility index (Phi) is 6.11. The molecular formula is C21H19ClFN3O2. The van der Waals surface area contributed by atoms with Gasteiger partial charge in [0.05, 0.1) is 6.21 Å². The number of nitrogens with zero attached hydrogens (tertiary/aromatic N) is 2. The molecule has 0 spiro atoms. The number of ether oxygens (including phenoxy) is 1. The predicted molar refractivity (Wildman–Crippen MR) is 108 cm³/mol. The number of hydrogen-bond acceptors (Lipinski definition) is 3. The Balaban J connectivity index is 1.62. The van der Waals surface area contributed by atoms with Crippen LogP contribution in [0.5, 0.6) is 5.75 Å². The number of aromatic nitrogens is 1. The van der Waals surface area contributed by atoms with Crippen LogP contribution in [0.3, 0.4) is 0 Å². The first-order chi connectivity index (χ1) is 13.4. The van der Waals surface area contributed by atoms with Crippen molar-refractivity contribution in [3.63, 3.8) is 0 Å². The summed E-state index contributed by atoms with van der Waals surface area (Å²) in [6.07, 6.45) is 1.57. The van der Waals surface area contributed by atoms with Gasteiger partial charge in [-0.2, -0.15) is 5.10 Å².